The molecule has 116 valence electrons. The van der Waals surface area contributed by atoms with Gasteiger partial charge in [0, 0.05) is 23.3 Å². The van der Waals surface area contributed by atoms with Gasteiger partial charge < -0.3 is 5.11 Å². The molecule has 0 radical (unpaired) electrons. The van der Waals surface area contributed by atoms with Crippen LogP contribution in [0.1, 0.15) is 15.9 Å². The average molecular weight is 318 g/mol. The highest BCUT2D eigenvalue weighted by atomic mass is 19.4. The number of pyridine rings is 2. The van der Waals surface area contributed by atoms with Crippen molar-refractivity contribution in [1.82, 2.24) is 9.97 Å². The van der Waals surface area contributed by atoms with E-state index >= 15 is 0 Å². The first-order chi connectivity index (χ1) is 10.9. The number of para-hydroxylation sites is 1. The van der Waals surface area contributed by atoms with Gasteiger partial charge in [0.1, 0.15) is 0 Å². The highest BCUT2D eigenvalue weighted by Gasteiger charge is 2.34. The van der Waals surface area contributed by atoms with Crippen molar-refractivity contribution in [2.75, 3.05) is 0 Å². The van der Waals surface area contributed by atoms with Crippen LogP contribution < -0.4 is 0 Å². The van der Waals surface area contributed by atoms with Gasteiger partial charge in [0.05, 0.1) is 22.3 Å². The van der Waals surface area contributed by atoms with E-state index in [-0.39, 0.29) is 22.2 Å². The van der Waals surface area contributed by atoms with E-state index in [0.717, 1.165) is 6.07 Å². The first kappa shape index (κ1) is 15.0. The molecular formula is C16H9F3N2O2. The van der Waals surface area contributed by atoms with Gasteiger partial charge in [-0.3, -0.25) is 4.98 Å². The van der Waals surface area contributed by atoms with Gasteiger partial charge in [-0.2, -0.15) is 13.2 Å². The molecule has 0 spiro atoms. The van der Waals surface area contributed by atoms with E-state index in [1.54, 1.807) is 12.1 Å². The summed E-state index contributed by atoms with van der Waals surface area (Å²) in [6.45, 7) is 0. The fourth-order valence-corrected chi connectivity index (χ4v) is 2.32. The molecule has 0 aliphatic rings. The van der Waals surface area contributed by atoms with Crippen molar-refractivity contribution in [3.05, 3.63) is 59.9 Å². The van der Waals surface area contributed by atoms with Gasteiger partial charge in [-0.15, -0.1) is 0 Å². The normalized spacial score (nSPS) is 11.6. The first-order valence-electron chi connectivity index (χ1n) is 6.52. The van der Waals surface area contributed by atoms with Crippen molar-refractivity contribution >= 4 is 16.9 Å². The van der Waals surface area contributed by atoms with Crippen LogP contribution in [0, 0.1) is 0 Å². The molecule has 7 heteroatoms. The Morgan fingerprint density at radius 3 is 2.39 bits per heavy atom. The number of fused-ring (bicyclic) bond motifs is 1. The molecule has 0 amide bonds. The third kappa shape index (κ3) is 2.73. The lowest BCUT2D eigenvalue weighted by Gasteiger charge is -2.12. The van der Waals surface area contributed by atoms with Gasteiger partial charge in [0.2, 0.25) is 0 Å². The lowest BCUT2D eigenvalue weighted by atomic mass is 10.0. The first-order valence-corrected chi connectivity index (χ1v) is 6.52. The molecular weight excluding hydrogens is 309 g/mol. The molecule has 0 unspecified atom stereocenters. The number of carboxylic acids is 1. The number of hydrogen-bond donors (Lipinski definition) is 1. The molecule has 3 aromatic rings. The van der Waals surface area contributed by atoms with Crippen molar-refractivity contribution < 1.29 is 23.1 Å². The van der Waals surface area contributed by atoms with E-state index in [1.165, 1.54) is 30.6 Å². The Morgan fingerprint density at radius 2 is 1.78 bits per heavy atom. The quantitative estimate of drug-likeness (QED) is 0.775. The Balaban J connectivity index is 2.39. The molecule has 2 aromatic heterocycles. The number of aromatic nitrogens is 2. The number of carbonyl (C=O) groups is 1. The van der Waals surface area contributed by atoms with Crippen LogP contribution in [0.2, 0.25) is 0 Å². The Morgan fingerprint density at radius 1 is 1.09 bits per heavy atom. The third-order valence-corrected chi connectivity index (χ3v) is 3.35. The molecule has 0 aliphatic carbocycles. The van der Waals surface area contributed by atoms with Gasteiger partial charge in [0.15, 0.2) is 0 Å². The van der Waals surface area contributed by atoms with E-state index < -0.39 is 17.7 Å². The molecule has 0 bridgehead atoms. The zero-order chi connectivity index (χ0) is 16.6. The highest BCUT2D eigenvalue weighted by Crippen LogP contribution is 2.36. The van der Waals surface area contributed by atoms with Gasteiger partial charge in [-0.1, -0.05) is 12.1 Å². The molecule has 0 saturated carbocycles. The van der Waals surface area contributed by atoms with Crippen molar-refractivity contribution in [2.24, 2.45) is 0 Å². The van der Waals surface area contributed by atoms with E-state index in [9.17, 15) is 23.1 Å². The predicted molar refractivity (Wildman–Crippen MR) is 76.9 cm³/mol. The maximum absolute atomic E-state index is 13.2. The van der Waals surface area contributed by atoms with Crippen LogP contribution >= 0.6 is 0 Å². The molecule has 0 fully saturated rings. The SMILES string of the molecule is O=C(O)c1cc(-c2ccncc2)nc2c(C(F)(F)F)cccc12. The van der Waals surface area contributed by atoms with Crippen LogP contribution in [-0.4, -0.2) is 21.0 Å². The molecule has 1 N–H and O–H groups in total. The minimum absolute atomic E-state index is 0.0508. The highest BCUT2D eigenvalue weighted by molar-refractivity contribution is 6.04. The number of rotatable bonds is 2. The molecule has 0 saturated heterocycles. The molecule has 0 aliphatic heterocycles. The third-order valence-electron chi connectivity index (χ3n) is 3.35. The number of hydrogen-bond acceptors (Lipinski definition) is 3. The summed E-state index contributed by atoms with van der Waals surface area (Å²) < 4.78 is 39.6. The van der Waals surface area contributed by atoms with Crippen LogP contribution in [0.15, 0.2) is 48.8 Å². The lowest BCUT2D eigenvalue weighted by Crippen LogP contribution is -2.09. The molecule has 23 heavy (non-hydrogen) atoms. The molecule has 1 aromatic carbocycles. The van der Waals surface area contributed by atoms with Gasteiger partial charge >= 0.3 is 12.1 Å². The largest absolute Gasteiger partial charge is 0.478 e. The zero-order valence-electron chi connectivity index (χ0n) is 11.5. The number of alkyl halides is 3. The number of nitrogens with zero attached hydrogens (tertiary/aromatic N) is 2. The standard InChI is InChI=1S/C16H9F3N2O2/c17-16(18,19)12-3-1-2-10-11(15(22)23)8-13(21-14(10)12)9-4-6-20-7-5-9/h1-8H,(H,22,23). The Kier molecular flexibility index (Phi) is 3.48. The van der Waals surface area contributed by atoms with Crippen LogP contribution in [0.3, 0.4) is 0 Å². The second-order valence-electron chi connectivity index (χ2n) is 4.80. The number of halogens is 3. The smallest absolute Gasteiger partial charge is 0.418 e. The predicted octanol–water partition coefficient (Wildman–Crippen LogP) is 4.01. The maximum atomic E-state index is 13.2. The lowest BCUT2D eigenvalue weighted by molar-refractivity contribution is -0.136. The Bertz CT molecular complexity index is 893. The van der Waals surface area contributed by atoms with Crippen LogP contribution in [0.4, 0.5) is 13.2 Å². The topological polar surface area (TPSA) is 63.1 Å². The molecule has 3 rings (SSSR count). The van der Waals surface area contributed by atoms with Crippen molar-refractivity contribution in [3.63, 3.8) is 0 Å². The van der Waals surface area contributed by atoms with Gasteiger partial charge in [0.25, 0.3) is 0 Å². The average Bonchev–Trinajstić information content (AvgIpc) is 2.53. The zero-order valence-corrected chi connectivity index (χ0v) is 11.5. The van der Waals surface area contributed by atoms with Crippen molar-refractivity contribution in [2.45, 2.75) is 6.18 Å². The monoisotopic (exact) mass is 318 g/mol. The number of carboxylic acid groups (broad SMARTS) is 1. The summed E-state index contributed by atoms with van der Waals surface area (Å²) in [5, 5.41) is 9.28. The van der Waals surface area contributed by atoms with Crippen LogP contribution in [-0.2, 0) is 6.18 Å². The summed E-state index contributed by atoms with van der Waals surface area (Å²) in [5.41, 5.74) is -0.941. The summed E-state index contributed by atoms with van der Waals surface area (Å²) >= 11 is 0. The minimum Gasteiger partial charge on any atom is -0.478 e. The Hall–Kier alpha value is -2.96. The van der Waals surface area contributed by atoms with Crippen LogP contribution in [0.5, 0.6) is 0 Å². The van der Waals surface area contributed by atoms with E-state index in [2.05, 4.69) is 9.97 Å². The summed E-state index contributed by atoms with van der Waals surface area (Å²) in [6.07, 6.45) is -1.71. The minimum atomic E-state index is -4.63. The van der Waals surface area contributed by atoms with Gasteiger partial charge in [-0.25, -0.2) is 9.78 Å². The molecule has 2 heterocycles. The Labute approximate surface area is 128 Å². The van der Waals surface area contributed by atoms with Crippen molar-refractivity contribution in [3.8, 4) is 11.3 Å². The van der Waals surface area contributed by atoms with Crippen molar-refractivity contribution in [1.29, 1.82) is 0 Å². The second-order valence-corrected chi connectivity index (χ2v) is 4.80. The van der Waals surface area contributed by atoms with Crippen LogP contribution in [0.25, 0.3) is 22.2 Å². The fraction of sp³-hybridized carbons (Fsp3) is 0.0625. The molecule has 4 nitrogen and oxygen atoms in total. The second kappa shape index (κ2) is 5.35. The summed E-state index contributed by atoms with van der Waals surface area (Å²) in [4.78, 5) is 19.3. The van der Waals surface area contributed by atoms with E-state index in [1.807, 2.05) is 0 Å². The fourth-order valence-electron chi connectivity index (χ4n) is 2.32. The summed E-state index contributed by atoms with van der Waals surface area (Å²) in [7, 11) is 0. The summed E-state index contributed by atoms with van der Waals surface area (Å²) in [6, 6.07) is 7.74. The van der Waals surface area contributed by atoms with Gasteiger partial charge in [-0.05, 0) is 24.3 Å². The number of benzene rings is 1. The molecule has 0 atom stereocenters. The van der Waals surface area contributed by atoms with E-state index in [0.29, 0.717) is 5.56 Å². The van der Waals surface area contributed by atoms with E-state index in [4.69, 9.17) is 0 Å². The summed E-state index contributed by atoms with van der Waals surface area (Å²) in [5.74, 6) is -1.31. The maximum Gasteiger partial charge on any atom is 0.418 e. The number of aromatic carboxylic acids is 1.